The first-order chi connectivity index (χ1) is 13.9. The Labute approximate surface area is 171 Å². The van der Waals surface area contributed by atoms with E-state index in [0.29, 0.717) is 11.3 Å². The highest BCUT2D eigenvalue weighted by Crippen LogP contribution is 2.35. The van der Waals surface area contributed by atoms with Crippen molar-refractivity contribution in [3.05, 3.63) is 70.8 Å². The van der Waals surface area contributed by atoms with Gasteiger partial charge in [0.2, 0.25) is 0 Å². The maximum absolute atomic E-state index is 12.9. The highest BCUT2D eigenvalue weighted by molar-refractivity contribution is 5.99. The molecule has 0 aliphatic carbocycles. The molecule has 0 aliphatic heterocycles. The maximum atomic E-state index is 12.9. The van der Waals surface area contributed by atoms with Crippen molar-refractivity contribution in [2.45, 2.75) is 26.9 Å². The molecule has 0 saturated carbocycles. The number of ketones is 1. The van der Waals surface area contributed by atoms with Gasteiger partial charge in [0.1, 0.15) is 0 Å². The topological polar surface area (TPSA) is 61.8 Å². The summed E-state index contributed by atoms with van der Waals surface area (Å²) in [6, 6.07) is 10.8. The molecule has 0 amide bonds. The molecule has 29 heavy (non-hydrogen) atoms. The van der Waals surface area contributed by atoms with Crippen LogP contribution in [0.4, 0.5) is 0 Å². The van der Waals surface area contributed by atoms with Crippen LogP contribution in [0.15, 0.2) is 48.6 Å². The van der Waals surface area contributed by atoms with E-state index in [1.807, 2.05) is 62.4 Å². The molecule has 0 heterocycles. The van der Waals surface area contributed by atoms with E-state index in [1.165, 1.54) is 21.1 Å². The summed E-state index contributed by atoms with van der Waals surface area (Å²) < 4.78 is 16.4. The molecular formula is C24H26O5. The number of hydrogen-bond acceptors (Lipinski definition) is 5. The minimum atomic E-state index is -0.936. The van der Waals surface area contributed by atoms with Gasteiger partial charge >= 0.3 is 5.97 Å². The van der Waals surface area contributed by atoms with Gasteiger partial charge in [-0.3, -0.25) is 4.79 Å². The molecule has 2 rings (SSSR count). The molecule has 2 aromatic rings. The van der Waals surface area contributed by atoms with Crippen LogP contribution in [0.2, 0.25) is 0 Å². The standard InChI is InChI=1S/C24H26O5/c1-6-8-17-10-12-19(13-11-17)22(28-5)24(26)29-23-20(16(3)25)14-18(9-7-2)15-21(23)27-4/h6-15,22H,1-5H3/b8-6+,9-7?. The van der Waals surface area contributed by atoms with Crippen molar-refractivity contribution in [1.29, 1.82) is 0 Å². The third-order valence-electron chi connectivity index (χ3n) is 4.29. The minimum Gasteiger partial charge on any atom is -0.493 e. The average Bonchev–Trinajstić information content (AvgIpc) is 2.70. The number of esters is 1. The van der Waals surface area contributed by atoms with Gasteiger partial charge in [0.05, 0.1) is 12.7 Å². The number of hydrogen-bond donors (Lipinski definition) is 0. The number of rotatable bonds is 8. The van der Waals surface area contributed by atoms with Crippen LogP contribution in [0.3, 0.4) is 0 Å². The molecule has 1 unspecified atom stereocenters. The number of ether oxygens (including phenoxy) is 3. The lowest BCUT2D eigenvalue weighted by Gasteiger charge is -2.18. The van der Waals surface area contributed by atoms with Crippen molar-refractivity contribution in [2.24, 2.45) is 0 Å². The fourth-order valence-electron chi connectivity index (χ4n) is 2.93. The SMILES string of the molecule is CC=Cc1cc(OC)c(OC(=O)C(OC)c2ccc(/C=C/C)cc2)c(C(C)=O)c1. The molecule has 2 aromatic carbocycles. The second-order valence-electron chi connectivity index (χ2n) is 6.36. The van der Waals surface area contributed by atoms with Gasteiger partial charge in [0.15, 0.2) is 23.4 Å². The second kappa shape index (κ2) is 10.4. The van der Waals surface area contributed by atoms with Crippen LogP contribution in [0.25, 0.3) is 12.2 Å². The van der Waals surface area contributed by atoms with Gasteiger partial charge in [0, 0.05) is 7.11 Å². The molecule has 5 heteroatoms. The Balaban J connectivity index is 2.40. The summed E-state index contributed by atoms with van der Waals surface area (Å²) in [7, 11) is 2.90. The van der Waals surface area contributed by atoms with Gasteiger partial charge in [-0.2, -0.15) is 0 Å². The number of benzene rings is 2. The highest BCUT2D eigenvalue weighted by atomic mass is 16.6. The predicted octanol–water partition coefficient (Wildman–Crippen LogP) is 5.26. The van der Waals surface area contributed by atoms with Crippen molar-refractivity contribution in [3.8, 4) is 11.5 Å². The van der Waals surface area contributed by atoms with E-state index in [-0.39, 0.29) is 17.1 Å². The zero-order valence-electron chi connectivity index (χ0n) is 17.4. The van der Waals surface area contributed by atoms with Crippen molar-refractivity contribution >= 4 is 23.9 Å². The van der Waals surface area contributed by atoms with E-state index < -0.39 is 12.1 Å². The summed E-state index contributed by atoms with van der Waals surface area (Å²) in [4.78, 5) is 25.0. The fourth-order valence-corrected chi connectivity index (χ4v) is 2.93. The molecule has 0 aromatic heterocycles. The summed E-state index contributed by atoms with van der Waals surface area (Å²) in [5, 5.41) is 0. The number of carbonyl (C=O) groups excluding carboxylic acids is 2. The first kappa shape index (κ1) is 22.1. The van der Waals surface area contributed by atoms with Crippen LogP contribution >= 0.6 is 0 Å². The van der Waals surface area contributed by atoms with E-state index in [4.69, 9.17) is 14.2 Å². The average molecular weight is 394 g/mol. The first-order valence-corrected chi connectivity index (χ1v) is 9.27. The van der Waals surface area contributed by atoms with Gasteiger partial charge in [-0.05, 0) is 49.6 Å². The van der Waals surface area contributed by atoms with E-state index in [2.05, 4.69) is 0 Å². The molecule has 0 saturated heterocycles. The zero-order chi connectivity index (χ0) is 21.4. The van der Waals surface area contributed by atoms with Gasteiger partial charge in [0.25, 0.3) is 0 Å². The third kappa shape index (κ3) is 5.42. The Kier molecular flexibility index (Phi) is 7.92. The Hall–Kier alpha value is -3.18. The largest absolute Gasteiger partial charge is 0.493 e. The lowest BCUT2D eigenvalue weighted by Crippen LogP contribution is -2.21. The van der Waals surface area contributed by atoms with Crippen LogP contribution in [0, 0.1) is 0 Å². The molecule has 0 spiro atoms. The smallest absolute Gasteiger partial charge is 0.345 e. The zero-order valence-corrected chi connectivity index (χ0v) is 17.4. The summed E-state index contributed by atoms with van der Waals surface area (Å²) in [5.41, 5.74) is 2.71. The van der Waals surface area contributed by atoms with Crippen LogP contribution < -0.4 is 9.47 Å². The molecule has 5 nitrogen and oxygen atoms in total. The summed E-state index contributed by atoms with van der Waals surface area (Å²) in [5.74, 6) is -0.476. The Morgan fingerprint density at radius 2 is 1.55 bits per heavy atom. The fraction of sp³-hybridized carbons (Fsp3) is 0.250. The third-order valence-corrected chi connectivity index (χ3v) is 4.29. The number of allylic oxidation sites excluding steroid dienone is 2. The summed E-state index contributed by atoms with van der Waals surface area (Å²) >= 11 is 0. The Morgan fingerprint density at radius 1 is 0.931 bits per heavy atom. The molecule has 0 aliphatic rings. The predicted molar refractivity (Wildman–Crippen MR) is 114 cm³/mol. The summed E-state index contributed by atoms with van der Waals surface area (Å²) in [6.45, 7) is 5.22. The van der Waals surface area contributed by atoms with Crippen LogP contribution in [0.5, 0.6) is 11.5 Å². The quantitative estimate of drug-likeness (QED) is 0.347. The van der Waals surface area contributed by atoms with Crippen molar-refractivity contribution < 1.29 is 23.8 Å². The lowest BCUT2D eigenvalue weighted by molar-refractivity contribution is -0.146. The van der Waals surface area contributed by atoms with Crippen molar-refractivity contribution in [1.82, 2.24) is 0 Å². The number of Topliss-reactive ketones (excluding diaryl/α,β-unsaturated/α-hetero) is 1. The molecule has 0 bridgehead atoms. The van der Waals surface area contributed by atoms with Gasteiger partial charge < -0.3 is 14.2 Å². The van der Waals surface area contributed by atoms with Gasteiger partial charge in [-0.1, -0.05) is 48.6 Å². The monoisotopic (exact) mass is 394 g/mol. The Morgan fingerprint density at radius 3 is 2.07 bits per heavy atom. The normalized spacial score (nSPS) is 12.3. The van der Waals surface area contributed by atoms with E-state index in [9.17, 15) is 9.59 Å². The van der Waals surface area contributed by atoms with Gasteiger partial charge in [-0.15, -0.1) is 0 Å². The summed E-state index contributed by atoms with van der Waals surface area (Å²) in [6.07, 6.45) is 6.65. The lowest BCUT2D eigenvalue weighted by atomic mass is 10.0. The van der Waals surface area contributed by atoms with E-state index in [1.54, 1.807) is 12.1 Å². The Bertz CT molecular complexity index is 923. The first-order valence-electron chi connectivity index (χ1n) is 9.27. The van der Waals surface area contributed by atoms with Gasteiger partial charge in [-0.25, -0.2) is 4.79 Å². The van der Waals surface area contributed by atoms with Crippen LogP contribution in [-0.4, -0.2) is 26.0 Å². The molecule has 152 valence electrons. The van der Waals surface area contributed by atoms with Crippen molar-refractivity contribution in [2.75, 3.05) is 14.2 Å². The number of methoxy groups -OCH3 is 2. The molecule has 0 N–H and O–H groups in total. The molecule has 1 atom stereocenters. The molecule has 0 fully saturated rings. The minimum absolute atomic E-state index is 0.0887. The second-order valence-corrected chi connectivity index (χ2v) is 6.36. The molecular weight excluding hydrogens is 368 g/mol. The molecule has 0 radical (unpaired) electrons. The van der Waals surface area contributed by atoms with Crippen LogP contribution in [0.1, 0.15) is 53.9 Å². The number of carbonyl (C=O) groups is 2. The van der Waals surface area contributed by atoms with E-state index in [0.717, 1.165) is 11.1 Å². The maximum Gasteiger partial charge on any atom is 0.345 e. The van der Waals surface area contributed by atoms with Crippen molar-refractivity contribution in [3.63, 3.8) is 0 Å². The highest BCUT2D eigenvalue weighted by Gasteiger charge is 2.26. The van der Waals surface area contributed by atoms with Crippen LogP contribution in [-0.2, 0) is 9.53 Å². The van der Waals surface area contributed by atoms with E-state index >= 15 is 0 Å².